The Labute approximate surface area is 166 Å². The van der Waals surface area contributed by atoms with Crippen LogP contribution in [0.4, 0.5) is 8.78 Å². The molecule has 0 spiro atoms. The number of carbonyl (C=O) groups excluding carboxylic acids is 1. The maximum Gasteiger partial charge on any atom is 0.271 e. The molecule has 0 bridgehead atoms. The second-order valence-electron chi connectivity index (χ2n) is 7.30. The van der Waals surface area contributed by atoms with Gasteiger partial charge in [0, 0.05) is 6.20 Å². The molecule has 0 aliphatic carbocycles. The highest BCUT2D eigenvalue weighted by molar-refractivity contribution is 5.95. The molecule has 2 aromatic heterocycles. The van der Waals surface area contributed by atoms with E-state index in [0.717, 1.165) is 17.7 Å². The van der Waals surface area contributed by atoms with E-state index in [9.17, 15) is 13.6 Å². The molecule has 0 radical (unpaired) electrons. The van der Waals surface area contributed by atoms with Crippen LogP contribution in [0, 0.1) is 36.8 Å². The summed E-state index contributed by atoms with van der Waals surface area (Å²) in [6.07, 6.45) is 1.71. The number of hydrogen-bond donors (Lipinski definition) is 1. The Morgan fingerprint density at radius 2 is 1.97 bits per heavy atom. The lowest BCUT2D eigenvalue weighted by Crippen LogP contribution is -2.42. The van der Waals surface area contributed by atoms with E-state index in [1.165, 1.54) is 6.07 Å². The van der Waals surface area contributed by atoms with Gasteiger partial charge in [0.2, 0.25) is 0 Å². The standard InChI is InChI=1S/C21H20F2N4O2/c1-12-8-17(29-10-14-15(22)6-5-7-16(14)23)19-25-13(2)18(27(19)9-12)20(28)26-21(3,4)11-24/h5-9H,10H2,1-4H3,(H,26,28). The first-order chi connectivity index (χ1) is 13.6. The van der Waals surface area contributed by atoms with E-state index in [-0.39, 0.29) is 23.6 Å². The molecule has 1 aromatic carbocycles. The molecule has 8 heteroatoms. The van der Waals surface area contributed by atoms with Crippen molar-refractivity contribution in [3.8, 4) is 11.8 Å². The fourth-order valence-corrected chi connectivity index (χ4v) is 2.93. The molecule has 2 heterocycles. The summed E-state index contributed by atoms with van der Waals surface area (Å²) in [5, 5.41) is 11.8. The SMILES string of the molecule is Cc1cc(OCc2c(F)cccc2F)c2nc(C)c(C(=O)NC(C)(C)C#N)n2c1. The van der Waals surface area contributed by atoms with Crippen LogP contribution in [0.5, 0.6) is 5.75 Å². The number of pyridine rings is 1. The van der Waals surface area contributed by atoms with Crippen LogP contribution < -0.4 is 10.1 Å². The first-order valence-electron chi connectivity index (χ1n) is 8.91. The topological polar surface area (TPSA) is 79.4 Å². The molecule has 3 aromatic rings. The maximum absolute atomic E-state index is 13.9. The number of imidazole rings is 1. The van der Waals surface area contributed by atoms with Gasteiger partial charge in [0.15, 0.2) is 11.4 Å². The monoisotopic (exact) mass is 398 g/mol. The summed E-state index contributed by atoms with van der Waals surface area (Å²) < 4.78 is 35.0. The summed E-state index contributed by atoms with van der Waals surface area (Å²) in [7, 11) is 0. The Morgan fingerprint density at radius 1 is 1.31 bits per heavy atom. The molecule has 0 saturated carbocycles. The number of fused-ring (bicyclic) bond motifs is 1. The van der Waals surface area contributed by atoms with Crippen LogP contribution in [0.25, 0.3) is 5.65 Å². The Balaban J connectivity index is 2.01. The van der Waals surface area contributed by atoms with Crippen molar-refractivity contribution in [3.63, 3.8) is 0 Å². The van der Waals surface area contributed by atoms with E-state index in [1.54, 1.807) is 44.4 Å². The van der Waals surface area contributed by atoms with Gasteiger partial charge < -0.3 is 10.1 Å². The third-order valence-electron chi connectivity index (χ3n) is 4.35. The predicted molar refractivity (Wildman–Crippen MR) is 103 cm³/mol. The second kappa shape index (κ2) is 7.51. The van der Waals surface area contributed by atoms with Crippen molar-refractivity contribution < 1.29 is 18.3 Å². The van der Waals surface area contributed by atoms with Gasteiger partial charge in [0.05, 0.1) is 17.3 Å². The van der Waals surface area contributed by atoms with Crippen molar-refractivity contribution in [1.29, 1.82) is 5.26 Å². The average Bonchev–Trinajstić information content (AvgIpc) is 2.96. The second-order valence-corrected chi connectivity index (χ2v) is 7.30. The Bertz CT molecular complexity index is 1130. The van der Waals surface area contributed by atoms with Gasteiger partial charge in [-0.25, -0.2) is 13.8 Å². The molecule has 0 fully saturated rings. The number of hydrogen-bond acceptors (Lipinski definition) is 4. The van der Waals surface area contributed by atoms with E-state index < -0.39 is 23.1 Å². The zero-order valence-electron chi connectivity index (χ0n) is 16.5. The summed E-state index contributed by atoms with van der Waals surface area (Å²) in [6.45, 7) is 6.31. The molecule has 0 atom stereocenters. The molecule has 3 rings (SSSR count). The van der Waals surface area contributed by atoms with E-state index in [2.05, 4.69) is 10.3 Å². The van der Waals surface area contributed by atoms with Crippen molar-refractivity contribution in [2.45, 2.75) is 39.8 Å². The zero-order chi connectivity index (χ0) is 21.3. The molecule has 0 aliphatic heterocycles. The van der Waals surface area contributed by atoms with E-state index in [4.69, 9.17) is 10.00 Å². The lowest BCUT2D eigenvalue weighted by atomic mass is 10.1. The molecule has 29 heavy (non-hydrogen) atoms. The van der Waals surface area contributed by atoms with E-state index >= 15 is 0 Å². The number of amides is 1. The van der Waals surface area contributed by atoms with Gasteiger partial charge in [0.1, 0.15) is 29.5 Å². The molecule has 0 aliphatic rings. The van der Waals surface area contributed by atoms with Crippen LogP contribution >= 0.6 is 0 Å². The highest BCUT2D eigenvalue weighted by atomic mass is 19.1. The van der Waals surface area contributed by atoms with Crippen molar-refractivity contribution in [3.05, 3.63) is 64.6 Å². The molecular weight excluding hydrogens is 378 g/mol. The van der Waals surface area contributed by atoms with Crippen LogP contribution in [0.15, 0.2) is 30.5 Å². The van der Waals surface area contributed by atoms with Gasteiger partial charge >= 0.3 is 0 Å². The summed E-state index contributed by atoms with van der Waals surface area (Å²) in [5.74, 6) is -1.58. The number of rotatable bonds is 5. The number of aromatic nitrogens is 2. The average molecular weight is 398 g/mol. The van der Waals surface area contributed by atoms with Gasteiger partial charge in [-0.1, -0.05) is 6.07 Å². The summed E-state index contributed by atoms with van der Waals surface area (Å²) >= 11 is 0. The Morgan fingerprint density at radius 3 is 2.59 bits per heavy atom. The van der Waals surface area contributed by atoms with Crippen molar-refractivity contribution in [2.24, 2.45) is 0 Å². The number of carbonyl (C=O) groups is 1. The normalized spacial score (nSPS) is 11.3. The molecule has 0 saturated heterocycles. The number of nitrogens with one attached hydrogen (secondary N) is 1. The van der Waals surface area contributed by atoms with Gasteiger partial charge in [-0.05, 0) is 51.5 Å². The maximum atomic E-state index is 13.9. The van der Waals surface area contributed by atoms with Gasteiger partial charge in [-0.15, -0.1) is 0 Å². The Kier molecular flexibility index (Phi) is 5.25. The molecule has 1 N–H and O–H groups in total. The van der Waals surface area contributed by atoms with Crippen LogP contribution in [-0.2, 0) is 6.61 Å². The number of halogens is 2. The van der Waals surface area contributed by atoms with Crippen LogP contribution in [-0.4, -0.2) is 20.8 Å². The van der Waals surface area contributed by atoms with Gasteiger partial charge in [0.25, 0.3) is 5.91 Å². The third kappa shape index (κ3) is 4.04. The van der Waals surface area contributed by atoms with E-state index in [1.807, 2.05) is 6.07 Å². The third-order valence-corrected chi connectivity index (χ3v) is 4.35. The smallest absolute Gasteiger partial charge is 0.271 e. The fourth-order valence-electron chi connectivity index (χ4n) is 2.93. The van der Waals surface area contributed by atoms with Crippen molar-refractivity contribution in [2.75, 3.05) is 0 Å². The lowest BCUT2D eigenvalue weighted by Gasteiger charge is -2.17. The largest absolute Gasteiger partial charge is 0.485 e. The van der Waals surface area contributed by atoms with Crippen LogP contribution in [0.1, 0.15) is 41.2 Å². The number of aryl methyl sites for hydroxylation is 2. The highest BCUT2D eigenvalue weighted by Crippen LogP contribution is 2.26. The molecule has 1 amide bonds. The minimum atomic E-state index is -1.06. The number of benzene rings is 1. The Hall–Kier alpha value is -3.47. The molecule has 150 valence electrons. The van der Waals surface area contributed by atoms with Crippen LogP contribution in [0.3, 0.4) is 0 Å². The van der Waals surface area contributed by atoms with E-state index in [0.29, 0.717) is 11.3 Å². The molecule has 0 unspecified atom stereocenters. The summed E-state index contributed by atoms with van der Waals surface area (Å²) in [5.41, 5.74) is 0.540. The van der Waals surface area contributed by atoms with Crippen molar-refractivity contribution >= 4 is 11.6 Å². The zero-order valence-corrected chi connectivity index (χ0v) is 16.5. The summed E-state index contributed by atoms with van der Waals surface area (Å²) in [4.78, 5) is 17.1. The number of ether oxygens (including phenoxy) is 1. The lowest BCUT2D eigenvalue weighted by molar-refractivity contribution is 0.0922. The first-order valence-corrected chi connectivity index (χ1v) is 8.91. The van der Waals surface area contributed by atoms with Crippen molar-refractivity contribution in [1.82, 2.24) is 14.7 Å². The van der Waals surface area contributed by atoms with Crippen LogP contribution in [0.2, 0.25) is 0 Å². The number of nitriles is 1. The molecule has 6 nitrogen and oxygen atoms in total. The minimum absolute atomic E-state index is 0.191. The summed E-state index contributed by atoms with van der Waals surface area (Å²) in [6, 6.07) is 7.30. The van der Waals surface area contributed by atoms with Gasteiger partial charge in [-0.3, -0.25) is 9.20 Å². The highest BCUT2D eigenvalue weighted by Gasteiger charge is 2.25. The number of nitrogens with zero attached hydrogens (tertiary/aromatic N) is 3. The fraction of sp³-hybridized carbons (Fsp3) is 0.286. The molecular formula is C21H20F2N4O2. The first kappa shape index (κ1) is 20.3. The minimum Gasteiger partial charge on any atom is -0.485 e. The predicted octanol–water partition coefficient (Wildman–Crippen LogP) is 3.84. The quantitative estimate of drug-likeness (QED) is 0.708. The van der Waals surface area contributed by atoms with Gasteiger partial charge in [-0.2, -0.15) is 5.26 Å².